The summed E-state index contributed by atoms with van der Waals surface area (Å²) in [6.07, 6.45) is 0. The summed E-state index contributed by atoms with van der Waals surface area (Å²) < 4.78 is 6.32. The lowest BCUT2D eigenvalue weighted by Gasteiger charge is -2.14. The van der Waals surface area contributed by atoms with Crippen LogP contribution in [-0.2, 0) is 0 Å². The number of benzene rings is 8. The molecule has 0 spiro atoms. The molecule has 10 aromatic rings. The summed E-state index contributed by atoms with van der Waals surface area (Å²) in [6, 6.07) is 57.1. The first-order valence-electron chi connectivity index (χ1n) is 17.2. The predicted molar refractivity (Wildman–Crippen MR) is 211 cm³/mol. The van der Waals surface area contributed by atoms with Crippen LogP contribution in [0, 0.1) is 0 Å². The van der Waals surface area contributed by atoms with Gasteiger partial charge >= 0.3 is 0 Å². The highest BCUT2D eigenvalue weighted by atomic mass is 16.3. The van der Waals surface area contributed by atoms with Crippen LogP contribution in [-0.4, -0.2) is 20.1 Å². The highest BCUT2D eigenvalue weighted by molar-refractivity contribution is 6.10. The largest absolute Gasteiger partial charge is 0.507 e. The van der Waals surface area contributed by atoms with Crippen LogP contribution >= 0.6 is 0 Å². The van der Waals surface area contributed by atoms with E-state index in [9.17, 15) is 5.11 Å². The fraction of sp³-hybridized carbons (Fsp3) is 0. The number of nitrogens with zero attached hydrogens (tertiary/aromatic N) is 3. The van der Waals surface area contributed by atoms with Crippen molar-refractivity contribution >= 4 is 43.5 Å². The van der Waals surface area contributed by atoms with E-state index in [2.05, 4.69) is 91.0 Å². The average Bonchev–Trinajstić information content (AvgIpc) is 3.60. The molecule has 0 saturated heterocycles. The smallest absolute Gasteiger partial charge is 0.164 e. The van der Waals surface area contributed by atoms with E-state index in [1.165, 1.54) is 16.2 Å². The Kier molecular flexibility index (Phi) is 6.89. The molecule has 0 radical (unpaired) electrons. The SMILES string of the molecule is Oc1cccc(-c2nc(-c3ccccc3)nc(-c3ccc4c(ccc5ccccc54)c3)n2)c1-c1ccc(-c2cccc3c2oc2ccccc23)cc1. The molecular weight excluding hydrogens is 639 g/mol. The summed E-state index contributed by atoms with van der Waals surface area (Å²) in [5, 5.41) is 18.3. The van der Waals surface area contributed by atoms with E-state index in [1.807, 2.05) is 72.8 Å². The Balaban J connectivity index is 1.10. The first kappa shape index (κ1) is 29.8. The molecule has 0 amide bonds. The molecule has 0 aliphatic carbocycles. The van der Waals surface area contributed by atoms with Gasteiger partial charge in [-0.05, 0) is 50.9 Å². The topological polar surface area (TPSA) is 72.0 Å². The van der Waals surface area contributed by atoms with E-state index in [1.54, 1.807) is 6.07 Å². The third kappa shape index (κ3) is 4.98. The van der Waals surface area contributed by atoms with E-state index >= 15 is 0 Å². The molecule has 0 fully saturated rings. The zero-order valence-electron chi connectivity index (χ0n) is 27.9. The van der Waals surface area contributed by atoms with E-state index < -0.39 is 0 Å². The summed E-state index contributed by atoms with van der Waals surface area (Å²) in [6.45, 7) is 0. The number of para-hydroxylation sites is 2. The molecule has 10 rings (SSSR count). The molecule has 8 aromatic carbocycles. The molecule has 244 valence electrons. The Morgan fingerprint density at radius 3 is 1.87 bits per heavy atom. The van der Waals surface area contributed by atoms with Crippen LogP contribution in [0.2, 0.25) is 0 Å². The molecule has 0 unspecified atom stereocenters. The third-order valence-corrected chi connectivity index (χ3v) is 9.84. The number of furan rings is 1. The van der Waals surface area contributed by atoms with Gasteiger partial charge < -0.3 is 9.52 Å². The Hall–Kier alpha value is -7.11. The van der Waals surface area contributed by atoms with Crippen LogP contribution in [0.4, 0.5) is 0 Å². The molecule has 5 nitrogen and oxygen atoms in total. The maximum absolute atomic E-state index is 11.4. The van der Waals surface area contributed by atoms with Crippen molar-refractivity contribution in [1.82, 2.24) is 15.0 Å². The lowest BCUT2D eigenvalue weighted by molar-refractivity contribution is 0.477. The van der Waals surface area contributed by atoms with Gasteiger partial charge in [0.25, 0.3) is 0 Å². The van der Waals surface area contributed by atoms with Crippen molar-refractivity contribution in [2.24, 2.45) is 0 Å². The third-order valence-electron chi connectivity index (χ3n) is 9.84. The van der Waals surface area contributed by atoms with Gasteiger partial charge in [-0.15, -0.1) is 0 Å². The van der Waals surface area contributed by atoms with Crippen molar-refractivity contribution in [3.05, 3.63) is 170 Å². The second kappa shape index (κ2) is 12.0. The number of aromatic hydroxyl groups is 1. The zero-order chi connectivity index (χ0) is 34.6. The van der Waals surface area contributed by atoms with Gasteiger partial charge in [-0.3, -0.25) is 0 Å². The van der Waals surface area contributed by atoms with Crippen molar-refractivity contribution in [2.75, 3.05) is 0 Å². The first-order valence-corrected chi connectivity index (χ1v) is 17.2. The predicted octanol–water partition coefficient (Wildman–Crippen LogP) is 12.1. The molecule has 0 bridgehead atoms. The number of aromatic nitrogens is 3. The van der Waals surface area contributed by atoms with Gasteiger partial charge in [0.1, 0.15) is 16.9 Å². The Morgan fingerprint density at radius 2 is 1.00 bits per heavy atom. The van der Waals surface area contributed by atoms with Gasteiger partial charge in [0.2, 0.25) is 0 Å². The minimum Gasteiger partial charge on any atom is -0.507 e. The Morgan fingerprint density at radius 1 is 0.385 bits per heavy atom. The fourth-order valence-electron chi connectivity index (χ4n) is 7.31. The number of fused-ring (bicyclic) bond motifs is 6. The molecule has 0 saturated carbocycles. The second-order valence-electron chi connectivity index (χ2n) is 13.0. The minimum atomic E-state index is 0.144. The molecule has 0 aliphatic rings. The van der Waals surface area contributed by atoms with Crippen molar-refractivity contribution in [3.8, 4) is 62.2 Å². The van der Waals surface area contributed by atoms with Gasteiger partial charge in [-0.25, -0.2) is 15.0 Å². The van der Waals surface area contributed by atoms with Crippen molar-refractivity contribution in [2.45, 2.75) is 0 Å². The maximum atomic E-state index is 11.4. The number of hydrogen-bond donors (Lipinski definition) is 1. The van der Waals surface area contributed by atoms with Crippen molar-refractivity contribution in [1.29, 1.82) is 0 Å². The first-order chi connectivity index (χ1) is 25.7. The normalized spacial score (nSPS) is 11.5. The van der Waals surface area contributed by atoms with Crippen molar-refractivity contribution in [3.63, 3.8) is 0 Å². The molecule has 0 atom stereocenters. The highest BCUT2D eigenvalue weighted by Crippen LogP contribution is 2.41. The number of rotatable bonds is 5. The quantitative estimate of drug-likeness (QED) is 0.185. The van der Waals surface area contributed by atoms with E-state index in [4.69, 9.17) is 19.4 Å². The molecule has 2 heterocycles. The summed E-state index contributed by atoms with van der Waals surface area (Å²) in [5.41, 5.74) is 7.71. The van der Waals surface area contributed by atoms with Gasteiger partial charge in [-0.2, -0.15) is 0 Å². The maximum Gasteiger partial charge on any atom is 0.164 e. The van der Waals surface area contributed by atoms with Crippen LogP contribution < -0.4 is 0 Å². The standard InChI is InChI=1S/C47H29N3O2/c51-41-18-9-17-40(43(41)31-23-20-30(21-24-31)37-15-8-16-39-38-14-6-7-19-42(38)52-44(37)39)47-49-45(32-11-2-1-3-12-32)48-46(50-47)34-26-27-36-33(28-34)25-22-29-10-4-5-13-35(29)36/h1-28,51H. The van der Waals surface area contributed by atoms with Crippen LogP contribution in [0.25, 0.3) is 99.9 Å². The second-order valence-corrected chi connectivity index (χ2v) is 13.0. The van der Waals surface area contributed by atoms with Gasteiger partial charge in [0, 0.05) is 38.6 Å². The summed E-state index contributed by atoms with van der Waals surface area (Å²) in [5.74, 6) is 1.74. The monoisotopic (exact) mass is 667 g/mol. The van der Waals surface area contributed by atoms with E-state index in [-0.39, 0.29) is 5.75 Å². The molecule has 5 heteroatoms. The number of hydrogen-bond acceptors (Lipinski definition) is 5. The Labute approximate surface area is 299 Å². The molecule has 1 N–H and O–H groups in total. The lowest BCUT2D eigenvalue weighted by atomic mass is 9.95. The summed E-state index contributed by atoms with van der Waals surface area (Å²) >= 11 is 0. The minimum absolute atomic E-state index is 0.144. The van der Waals surface area contributed by atoms with Gasteiger partial charge in [0.15, 0.2) is 17.5 Å². The number of phenols is 1. The molecule has 2 aromatic heterocycles. The number of phenolic OH excluding ortho intramolecular Hbond substituents is 1. The lowest BCUT2D eigenvalue weighted by Crippen LogP contribution is -2.01. The van der Waals surface area contributed by atoms with Crippen LogP contribution in [0.5, 0.6) is 5.75 Å². The molecule has 0 aliphatic heterocycles. The fourth-order valence-corrected chi connectivity index (χ4v) is 7.31. The van der Waals surface area contributed by atoms with E-state index in [0.29, 0.717) is 28.6 Å². The summed E-state index contributed by atoms with van der Waals surface area (Å²) in [7, 11) is 0. The zero-order valence-corrected chi connectivity index (χ0v) is 27.9. The van der Waals surface area contributed by atoms with Crippen LogP contribution in [0.1, 0.15) is 0 Å². The van der Waals surface area contributed by atoms with Crippen LogP contribution in [0.3, 0.4) is 0 Å². The van der Waals surface area contributed by atoms with Crippen molar-refractivity contribution < 1.29 is 9.52 Å². The van der Waals surface area contributed by atoms with Crippen LogP contribution in [0.15, 0.2) is 174 Å². The summed E-state index contributed by atoms with van der Waals surface area (Å²) in [4.78, 5) is 15.1. The van der Waals surface area contributed by atoms with Gasteiger partial charge in [0.05, 0.1) is 0 Å². The van der Waals surface area contributed by atoms with Gasteiger partial charge in [-0.1, -0.05) is 152 Å². The van der Waals surface area contributed by atoms with E-state index in [0.717, 1.165) is 55.1 Å². The Bertz CT molecular complexity index is 2970. The molecular formula is C47H29N3O2. The average molecular weight is 668 g/mol. The molecule has 52 heavy (non-hydrogen) atoms. The highest BCUT2D eigenvalue weighted by Gasteiger charge is 2.19.